The van der Waals surface area contributed by atoms with Crippen LogP contribution in [0.4, 0.5) is 0 Å². The highest BCUT2D eigenvalue weighted by Gasteiger charge is 2.11. The van der Waals surface area contributed by atoms with E-state index in [9.17, 15) is 4.79 Å². The van der Waals surface area contributed by atoms with Crippen molar-refractivity contribution in [1.29, 1.82) is 0 Å². The zero-order valence-electron chi connectivity index (χ0n) is 17.9. The number of rotatable bonds is 9. The van der Waals surface area contributed by atoms with Gasteiger partial charge >= 0.3 is 5.97 Å². The third-order valence-corrected chi connectivity index (χ3v) is 6.40. The van der Waals surface area contributed by atoms with Gasteiger partial charge in [-0.1, -0.05) is 71.9 Å². The van der Waals surface area contributed by atoms with Gasteiger partial charge in [0.05, 0.1) is 6.42 Å². The first-order chi connectivity index (χ1) is 14.4. The molecule has 0 saturated carbocycles. The quantitative estimate of drug-likeness (QED) is 0.446. The summed E-state index contributed by atoms with van der Waals surface area (Å²) in [5, 5.41) is 9.17. The zero-order chi connectivity index (χ0) is 21.5. The largest absolute Gasteiger partial charge is 0.481 e. The second kappa shape index (κ2) is 10.5. The zero-order valence-corrected chi connectivity index (χ0v) is 18.7. The van der Waals surface area contributed by atoms with Gasteiger partial charge in [0.15, 0.2) is 0 Å². The Morgan fingerprint density at radius 3 is 2.10 bits per heavy atom. The summed E-state index contributed by atoms with van der Waals surface area (Å²) in [7, 11) is 0. The molecule has 0 saturated heterocycles. The highest BCUT2D eigenvalue weighted by Crippen LogP contribution is 2.33. The number of benzene rings is 3. The monoisotopic (exact) mass is 419 g/mol. The summed E-state index contributed by atoms with van der Waals surface area (Å²) in [6.07, 6.45) is 0.142. The van der Waals surface area contributed by atoms with Gasteiger partial charge in [0, 0.05) is 29.4 Å². The molecule has 0 bridgehead atoms. The van der Waals surface area contributed by atoms with Crippen LogP contribution in [0.3, 0.4) is 0 Å². The van der Waals surface area contributed by atoms with E-state index in [0.29, 0.717) is 6.54 Å². The van der Waals surface area contributed by atoms with Crippen LogP contribution < -0.4 is 0 Å². The fourth-order valence-corrected chi connectivity index (χ4v) is 4.63. The van der Waals surface area contributed by atoms with Crippen molar-refractivity contribution < 1.29 is 9.90 Å². The van der Waals surface area contributed by atoms with Crippen LogP contribution >= 0.6 is 11.8 Å². The first kappa shape index (κ1) is 22.1. The van der Waals surface area contributed by atoms with Crippen LogP contribution in [0.25, 0.3) is 0 Å². The topological polar surface area (TPSA) is 40.5 Å². The fraction of sp³-hybridized carbons (Fsp3) is 0.269. The predicted octanol–water partition coefficient (Wildman–Crippen LogP) is 6.24. The van der Waals surface area contributed by atoms with Crippen molar-refractivity contribution in [3.05, 3.63) is 94.5 Å². The number of nitrogens with zero attached hydrogens (tertiary/aromatic N) is 1. The molecule has 0 aliphatic heterocycles. The second-order valence-corrected chi connectivity index (χ2v) is 8.90. The standard InChI is InChI=1S/C26H29NO2S/c1-19-7-4-10-22(15-19)17-27(14-13-25(28)29)18-23-11-6-12-24(16-23)30-26-20(2)8-5-9-21(26)3/h4-12,15-16H,13-14,17-18H2,1-3H3,(H,28,29). The van der Waals surface area contributed by atoms with E-state index in [2.05, 4.69) is 92.4 Å². The first-order valence-electron chi connectivity index (χ1n) is 10.2. The van der Waals surface area contributed by atoms with Crippen molar-refractivity contribution in [2.45, 2.75) is 50.1 Å². The third kappa shape index (κ3) is 6.48. The van der Waals surface area contributed by atoms with Gasteiger partial charge in [-0.25, -0.2) is 0 Å². The lowest BCUT2D eigenvalue weighted by Gasteiger charge is -2.22. The fourth-order valence-electron chi connectivity index (χ4n) is 3.58. The molecule has 1 N–H and O–H groups in total. The molecular weight excluding hydrogens is 390 g/mol. The van der Waals surface area contributed by atoms with E-state index in [1.165, 1.54) is 37.6 Å². The molecule has 0 atom stereocenters. The molecule has 4 heteroatoms. The summed E-state index contributed by atoms with van der Waals surface area (Å²) in [6.45, 7) is 8.37. The van der Waals surface area contributed by atoms with Gasteiger partial charge in [-0.05, 0) is 55.2 Å². The van der Waals surface area contributed by atoms with Gasteiger partial charge in [-0.2, -0.15) is 0 Å². The van der Waals surface area contributed by atoms with E-state index in [1.807, 2.05) is 0 Å². The van der Waals surface area contributed by atoms with Gasteiger partial charge in [-0.15, -0.1) is 0 Å². The predicted molar refractivity (Wildman–Crippen MR) is 124 cm³/mol. The Balaban J connectivity index is 1.76. The SMILES string of the molecule is Cc1cccc(CN(CCC(=O)O)Cc2cccc(Sc3c(C)cccc3C)c2)c1. The Labute approximate surface area is 183 Å². The Kier molecular flexibility index (Phi) is 7.72. The van der Waals surface area contributed by atoms with E-state index >= 15 is 0 Å². The lowest BCUT2D eigenvalue weighted by molar-refractivity contribution is -0.137. The Morgan fingerprint density at radius 1 is 0.867 bits per heavy atom. The molecule has 3 nitrogen and oxygen atoms in total. The molecule has 0 heterocycles. The Hall–Kier alpha value is -2.56. The molecule has 0 aliphatic carbocycles. The average Bonchev–Trinajstić information content (AvgIpc) is 2.69. The summed E-state index contributed by atoms with van der Waals surface area (Å²) in [5.74, 6) is -0.761. The molecule has 0 aliphatic rings. The lowest BCUT2D eigenvalue weighted by atomic mass is 10.1. The molecule has 3 aromatic carbocycles. The normalized spacial score (nSPS) is 11.1. The molecular formula is C26H29NO2S. The minimum atomic E-state index is -0.761. The maximum atomic E-state index is 11.2. The van der Waals surface area contributed by atoms with Gasteiger partial charge < -0.3 is 5.11 Å². The summed E-state index contributed by atoms with van der Waals surface area (Å²) in [5.41, 5.74) is 6.20. The molecule has 156 valence electrons. The number of carboxylic acid groups (broad SMARTS) is 1. The molecule has 3 rings (SSSR count). The molecule has 3 aromatic rings. The number of carboxylic acids is 1. The number of aliphatic carboxylic acids is 1. The van der Waals surface area contributed by atoms with Crippen LogP contribution in [-0.4, -0.2) is 22.5 Å². The summed E-state index contributed by atoms with van der Waals surface area (Å²) >= 11 is 1.79. The summed E-state index contributed by atoms with van der Waals surface area (Å²) < 4.78 is 0. The van der Waals surface area contributed by atoms with Crippen LogP contribution in [0.15, 0.2) is 76.5 Å². The van der Waals surface area contributed by atoms with Crippen molar-refractivity contribution in [2.75, 3.05) is 6.54 Å². The van der Waals surface area contributed by atoms with E-state index in [-0.39, 0.29) is 6.42 Å². The Bertz CT molecular complexity index is 995. The van der Waals surface area contributed by atoms with Crippen molar-refractivity contribution >= 4 is 17.7 Å². The van der Waals surface area contributed by atoms with Gasteiger partial charge in [0.25, 0.3) is 0 Å². The maximum Gasteiger partial charge on any atom is 0.304 e. The molecule has 0 fully saturated rings. The van der Waals surface area contributed by atoms with Crippen LogP contribution in [-0.2, 0) is 17.9 Å². The van der Waals surface area contributed by atoms with Crippen molar-refractivity contribution in [3.8, 4) is 0 Å². The smallest absolute Gasteiger partial charge is 0.304 e. The van der Waals surface area contributed by atoms with Gasteiger partial charge in [0.1, 0.15) is 0 Å². The van der Waals surface area contributed by atoms with E-state index in [1.54, 1.807) is 11.8 Å². The molecule has 0 amide bonds. The van der Waals surface area contributed by atoms with Crippen molar-refractivity contribution in [3.63, 3.8) is 0 Å². The minimum absolute atomic E-state index is 0.142. The van der Waals surface area contributed by atoms with Gasteiger partial charge in [0.2, 0.25) is 0 Å². The van der Waals surface area contributed by atoms with E-state index in [4.69, 9.17) is 5.11 Å². The minimum Gasteiger partial charge on any atom is -0.481 e. The summed E-state index contributed by atoms with van der Waals surface area (Å²) in [4.78, 5) is 15.9. The van der Waals surface area contributed by atoms with E-state index in [0.717, 1.165) is 13.1 Å². The molecule has 30 heavy (non-hydrogen) atoms. The molecule has 0 aromatic heterocycles. The number of hydrogen-bond acceptors (Lipinski definition) is 3. The maximum absolute atomic E-state index is 11.2. The molecule has 0 radical (unpaired) electrons. The first-order valence-corrected chi connectivity index (χ1v) is 11.0. The second-order valence-electron chi connectivity index (χ2n) is 7.81. The number of carbonyl (C=O) groups is 1. The highest BCUT2D eigenvalue weighted by atomic mass is 32.2. The molecule has 0 unspecified atom stereocenters. The average molecular weight is 420 g/mol. The Morgan fingerprint density at radius 2 is 1.47 bits per heavy atom. The highest BCUT2D eigenvalue weighted by molar-refractivity contribution is 7.99. The lowest BCUT2D eigenvalue weighted by Crippen LogP contribution is -2.25. The third-order valence-electron chi connectivity index (χ3n) is 5.06. The number of hydrogen-bond donors (Lipinski definition) is 1. The van der Waals surface area contributed by atoms with E-state index < -0.39 is 5.97 Å². The number of aryl methyl sites for hydroxylation is 3. The van der Waals surface area contributed by atoms with Gasteiger partial charge in [-0.3, -0.25) is 9.69 Å². The van der Waals surface area contributed by atoms with Crippen LogP contribution in [0, 0.1) is 20.8 Å². The van der Waals surface area contributed by atoms with Crippen molar-refractivity contribution in [1.82, 2.24) is 4.90 Å². The van der Waals surface area contributed by atoms with Crippen LogP contribution in [0.5, 0.6) is 0 Å². The molecule has 0 spiro atoms. The summed E-state index contributed by atoms with van der Waals surface area (Å²) in [6, 6.07) is 23.4. The van der Waals surface area contributed by atoms with Crippen LogP contribution in [0.1, 0.15) is 34.2 Å². The van der Waals surface area contributed by atoms with Crippen LogP contribution in [0.2, 0.25) is 0 Å². The van der Waals surface area contributed by atoms with Crippen molar-refractivity contribution in [2.24, 2.45) is 0 Å².